The standard InChI is InChI=1S/C24H28N4O4/c1-30-22-9-8-18(16-23(22)31-2)21(27-12-14-32-15-13-27)17-25-24(29)20-10-11-28(26-20)19-6-4-3-5-7-19/h3-11,16,21H,12-15,17H2,1-2H3,(H,25,29). The van der Waals surface area contributed by atoms with E-state index in [1.165, 1.54) is 0 Å². The molecule has 8 heteroatoms. The zero-order valence-electron chi connectivity index (χ0n) is 18.4. The molecule has 32 heavy (non-hydrogen) atoms. The molecule has 1 saturated heterocycles. The molecule has 0 aliphatic carbocycles. The van der Waals surface area contributed by atoms with Gasteiger partial charge in [-0.05, 0) is 35.9 Å². The second-order valence-corrected chi connectivity index (χ2v) is 7.47. The Kier molecular flexibility index (Phi) is 7.03. The van der Waals surface area contributed by atoms with Gasteiger partial charge in [-0.1, -0.05) is 24.3 Å². The Hall–Kier alpha value is -3.36. The van der Waals surface area contributed by atoms with Gasteiger partial charge in [-0.2, -0.15) is 5.10 Å². The van der Waals surface area contributed by atoms with Gasteiger partial charge < -0.3 is 19.5 Å². The zero-order valence-corrected chi connectivity index (χ0v) is 18.4. The number of rotatable bonds is 8. The van der Waals surface area contributed by atoms with Gasteiger partial charge in [0.15, 0.2) is 17.2 Å². The molecule has 4 rings (SSSR count). The van der Waals surface area contributed by atoms with Crippen LogP contribution in [0, 0.1) is 0 Å². The Morgan fingerprint density at radius 3 is 2.53 bits per heavy atom. The fraction of sp³-hybridized carbons (Fsp3) is 0.333. The fourth-order valence-electron chi connectivity index (χ4n) is 3.86. The minimum Gasteiger partial charge on any atom is -0.493 e. The van der Waals surface area contributed by atoms with Gasteiger partial charge in [-0.15, -0.1) is 0 Å². The summed E-state index contributed by atoms with van der Waals surface area (Å²) in [4.78, 5) is 15.2. The molecule has 8 nitrogen and oxygen atoms in total. The minimum absolute atomic E-state index is 0.0288. The van der Waals surface area contributed by atoms with Gasteiger partial charge in [-0.25, -0.2) is 4.68 Å². The summed E-state index contributed by atoms with van der Waals surface area (Å²) in [5, 5.41) is 7.48. The molecule has 0 radical (unpaired) electrons. The lowest BCUT2D eigenvalue weighted by molar-refractivity contribution is 0.0161. The number of morpholine rings is 1. The smallest absolute Gasteiger partial charge is 0.271 e. The number of nitrogens with one attached hydrogen (secondary N) is 1. The number of methoxy groups -OCH3 is 2. The van der Waals surface area contributed by atoms with Crippen LogP contribution in [0.5, 0.6) is 11.5 Å². The average molecular weight is 437 g/mol. The van der Waals surface area contributed by atoms with Crippen molar-refractivity contribution in [3.63, 3.8) is 0 Å². The maximum atomic E-state index is 12.9. The summed E-state index contributed by atoms with van der Waals surface area (Å²) in [6.45, 7) is 3.35. The van der Waals surface area contributed by atoms with E-state index in [-0.39, 0.29) is 11.9 Å². The van der Waals surface area contributed by atoms with E-state index in [9.17, 15) is 4.79 Å². The summed E-state index contributed by atoms with van der Waals surface area (Å²) >= 11 is 0. The highest BCUT2D eigenvalue weighted by Crippen LogP contribution is 2.32. The van der Waals surface area contributed by atoms with E-state index < -0.39 is 0 Å². The van der Waals surface area contributed by atoms with Gasteiger partial charge in [0.1, 0.15) is 0 Å². The van der Waals surface area contributed by atoms with Gasteiger partial charge in [0.2, 0.25) is 0 Å². The number of carbonyl (C=O) groups excluding carboxylic acids is 1. The second kappa shape index (κ2) is 10.3. The number of nitrogens with zero attached hydrogens (tertiary/aromatic N) is 3. The van der Waals surface area contributed by atoms with Crippen LogP contribution in [0.1, 0.15) is 22.1 Å². The number of carbonyl (C=O) groups is 1. The number of hydrogen-bond acceptors (Lipinski definition) is 6. The van der Waals surface area contributed by atoms with Crippen molar-refractivity contribution in [2.24, 2.45) is 0 Å². The molecule has 2 heterocycles. The first-order valence-electron chi connectivity index (χ1n) is 10.6. The van der Waals surface area contributed by atoms with Crippen LogP contribution >= 0.6 is 0 Å². The van der Waals surface area contributed by atoms with Crippen LogP contribution in [-0.4, -0.2) is 67.7 Å². The lowest BCUT2D eigenvalue weighted by Gasteiger charge is -2.35. The van der Waals surface area contributed by atoms with Gasteiger partial charge in [0.05, 0.1) is 39.2 Å². The highest BCUT2D eigenvalue weighted by molar-refractivity contribution is 5.92. The lowest BCUT2D eigenvalue weighted by Crippen LogP contribution is -2.43. The Balaban J connectivity index is 1.50. The molecular formula is C24H28N4O4. The van der Waals surface area contributed by atoms with E-state index in [2.05, 4.69) is 15.3 Å². The number of para-hydroxylation sites is 1. The molecule has 1 atom stereocenters. The maximum absolute atomic E-state index is 12.9. The van der Waals surface area contributed by atoms with E-state index in [0.717, 1.165) is 24.3 Å². The van der Waals surface area contributed by atoms with Crippen LogP contribution in [0.25, 0.3) is 5.69 Å². The van der Waals surface area contributed by atoms with Crippen molar-refractivity contribution in [2.75, 3.05) is 47.1 Å². The molecule has 168 valence electrons. The molecule has 1 aromatic heterocycles. The minimum atomic E-state index is -0.210. The van der Waals surface area contributed by atoms with E-state index >= 15 is 0 Å². The van der Waals surface area contributed by atoms with E-state index in [0.29, 0.717) is 37.0 Å². The molecule has 1 amide bonds. The number of ether oxygens (including phenoxy) is 3. The van der Waals surface area contributed by atoms with Crippen LogP contribution in [-0.2, 0) is 4.74 Å². The summed E-state index contributed by atoms with van der Waals surface area (Å²) < 4.78 is 18.1. The van der Waals surface area contributed by atoms with Crippen LogP contribution in [0.3, 0.4) is 0 Å². The number of aromatic nitrogens is 2. The molecule has 0 bridgehead atoms. The zero-order chi connectivity index (χ0) is 22.3. The summed E-state index contributed by atoms with van der Waals surface area (Å²) in [6.07, 6.45) is 1.79. The summed E-state index contributed by atoms with van der Waals surface area (Å²) in [7, 11) is 3.24. The van der Waals surface area contributed by atoms with Gasteiger partial charge in [0.25, 0.3) is 5.91 Å². The Bertz CT molecular complexity index is 1030. The highest BCUT2D eigenvalue weighted by Gasteiger charge is 2.25. The van der Waals surface area contributed by atoms with Gasteiger partial charge >= 0.3 is 0 Å². The van der Waals surface area contributed by atoms with Crippen LogP contribution in [0.15, 0.2) is 60.8 Å². The quantitative estimate of drug-likeness (QED) is 0.585. The molecular weight excluding hydrogens is 408 g/mol. The van der Waals surface area contributed by atoms with Crippen molar-refractivity contribution in [1.29, 1.82) is 0 Å². The van der Waals surface area contributed by atoms with Crippen LogP contribution in [0.2, 0.25) is 0 Å². The third-order valence-corrected chi connectivity index (χ3v) is 5.58. The first-order valence-corrected chi connectivity index (χ1v) is 10.6. The molecule has 1 fully saturated rings. The SMILES string of the molecule is COc1ccc(C(CNC(=O)c2ccn(-c3ccccc3)n2)N2CCOCC2)cc1OC. The predicted molar refractivity (Wildman–Crippen MR) is 121 cm³/mol. The van der Waals surface area contributed by atoms with Crippen molar-refractivity contribution in [3.05, 3.63) is 72.1 Å². The maximum Gasteiger partial charge on any atom is 0.271 e. The Morgan fingerprint density at radius 2 is 1.81 bits per heavy atom. The molecule has 1 unspecified atom stereocenters. The number of benzene rings is 2. The predicted octanol–water partition coefficient (Wildman–Crippen LogP) is 2.69. The first kappa shape index (κ1) is 21.9. The van der Waals surface area contributed by atoms with Crippen molar-refractivity contribution in [2.45, 2.75) is 6.04 Å². The lowest BCUT2D eigenvalue weighted by atomic mass is 10.0. The summed E-state index contributed by atoms with van der Waals surface area (Å²) in [6, 6.07) is 17.3. The number of hydrogen-bond donors (Lipinski definition) is 1. The highest BCUT2D eigenvalue weighted by atomic mass is 16.5. The molecule has 3 aromatic rings. The second-order valence-electron chi connectivity index (χ2n) is 7.47. The average Bonchev–Trinajstić information content (AvgIpc) is 3.36. The van der Waals surface area contributed by atoms with Gasteiger partial charge in [0, 0.05) is 25.8 Å². The third kappa shape index (κ3) is 4.92. The van der Waals surface area contributed by atoms with E-state index in [1.54, 1.807) is 31.2 Å². The van der Waals surface area contributed by atoms with Crippen LogP contribution < -0.4 is 14.8 Å². The monoisotopic (exact) mass is 436 g/mol. The fourth-order valence-corrected chi connectivity index (χ4v) is 3.86. The van der Waals surface area contributed by atoms with Crippen molar-refractivity contribution in [3.8, 4) is 17.2 Å². The topological polar surface area (TPSA) is 77.9 Å². The molecule has 0 saturated carbocycles. The Labute approximate surface area is 187 Å². The Morgan fingerprint density at radius 1 is 1.06 bits per heavy atom. The molecule has 1 aliphatic heterocycles. The first-order chi connectivity index (χ1) is 15.7. The third-order valence-electron chi connectivity index (χ3n) is 5.58. The summed E-state index contributed by atoms with van der Waals surface area (Å²) in [5.74, 6) is 1.13. The number of amides is 1. The van der Waals surface area contributed by atoms with Crippen molar-refractivity contribution < 1.29 is 19.0 Å². The van der Waals surface area contributed by atoms with E-state index in [4.69, 9.17) is 14.2 Å². The summed E-state index contributed by atoms with van der Waals surface area (Å²) in [5.41, 5.74) is 2.32. The van der Waals surface area contributed by atoms with Crippen molar-refractivity contribution >= 4 is 5.91 Å². The van der Waals surface area contributed by atoms with Gasteiger partial charge in [-0.3, -0.25) is 9.69 Å². The molecule has 1 aliphatic rings. The normalized spacial score (nSPS) is 15.2. The van der Waals surface area contributed by atoms with Crippen LogP contribution in [0.4, 0.5) is 0 Å². The molecule has 2 aromatic carbocycles. The molecule has 0 spiro atoms. The molecule has 1 N–H and O–H groups in total. The largest absolute Gasteiger partial charge is 0.493 e. The van der Waals surface area contributed by atoms with E-state index in [1.807, 2.05) is 48.5 Å². The van der Waals surface area contributed by atoms with Crippen molar-refractivity contribution in [1.82, 2.24) is 20.0 Å².